The number of ether oxygens (including phenoxy) is 1. The number of hydrogen-bond donors (Lipinski definition) is 1. The van der Waals surface area contributed by atoms with E-state index in [1.54, 1.807) is 7.11 Å². The van der Waals surface area contributed by atoms with Crippen molar-refractivity contribution >= 4 is 15.9 Å². The molecule has 0 bridgehead atoms. The van der Waals surface area contributed by atoms with Gasteiger partial charge in [0.25, 0.3) is 0 Å². The Kier molecular flexibility index (Phi) is 6.09. The third-order valence-corrected chi connectivity index (χ3v) is 3.64. The van der Waals surface area contributed by atoms with Crippen LogP contribution in [0.15, 0.2) is 22.7 Å². The van der Waals surface area contributed by atoms with Gasteiger partial charge in [0.1, 0.15) is 5.82 Å². The van der Waals surface area contributed by atoms with Crippen LogP contribution in [0.1, 0.15) is 24.9 Å². The summed E-state index contributed by atoms with van der Waals surface area (Å²) in [6.45, 7) is 2.90. The van der Waals surface area contributed by atoms with Crippen LogP contribution in [0.3, 0.4) is 0 Å². The van der Waals surface area contributed by atoms with Crippen LogP contribution in [0.2, 0.25) is 0 Å². The van der Waals surface area contributed by atoms with Gasteiger partial charge >= 0.3 is 0 Å². The Balaban J connectivity index is 2.85. The van der Waals surface area contributed by atoms with E-state index < -0.39 is 0 Å². The molecule has 2 unspecified atom stereocenters. The van der Waals surface area contributed by atoms with Crippen molar-refractivity contribution < 1.29 is 9.13 Å². The molecule has 96 valence electrons. The highest BCUT2D eigenvalue weighted by Crippen LogP contribution is 2.30. The molecule has 0 aromatic heterocycles. The molecule has 4 heteroatoms. The number of methoxy groups -OCH3 is 1. The van der Waals surface area contributed by atoms with Crippen molar-refractivity contribution in [3.63, 3.8) is 0 Å². The van der Waals surface area contributed by atoms with E-state index in [2.05, 4.69) is 28.2 Å². The molecule has 0 spiro atoms. The van der Waals surface area contributed by atoms with Crippen LogP contribution in [0.5, 0.6) is 0 Å². The van der Waals surface area contributed by atoms with Crippen LogP contribution >= 0.6 is 15.9 Å². The number of rotatable bonds is 6. The molecule has 2 nitrogen and oxygen atoms in total. The Morgan fingerprint density at radius 2 is 2.18 bits per heavy atom. The molecule has 1 aromatic carbocycles. The minimum absolute atomic E-state index is 0.195. The standard InChI is InChI=1S/C13H19BrFNO/c1-9(6-7-17-3)13(16-2)11-5-4-10(15)8-12(11)14/h4-5,8-9,13,16H,6-7H2,1-3H3. The van der Waals surface area contributed by atoms with E-state index in [0.717, 1.165) is 23.1 Å². The van der Waals surface area contributed by atoms with Crippen molar-refractivity contribution in [2.75, 3.05) is 20.8 Å². The van der Waals surface area contributed by atoms with Gasteiger partial charge in [-0.2, -0.15) is 0 Å². The lowest BCUT2D eigenvalue weighted by Gasteiger charge is -2.25. The minimum Gasteiger partial charge on any atom is -0.385 e. The minimum atomic E-state index is -0.222. The van der Waals surface area contributed by atoms with E-state index >= 15 is 0 Å². The van der Waals surface area contributed by atoms with Gasteiger partial charge in [0.15, 0.2) is 0 Å². The summed E-state index contributed by atoms with van der Waals surface area (Å²) in [6, 6.07) is 5.01. The molecule has 1 N–H and O–H groups in total. The van der Waals surface area contributed by atoms with Crippen molar-refractivity contribution in [3.05, 3.63) is 34.1 Å². The van der Waals surface area contributed by atoms with Gasteiger partial charge in [-0.25, -0.2) is 4.39 Å². The van der Waals surface area contributed by atoms with Crippen LogP contribution in [-0.4, -0.2) is 20.8 Å². The molecule has 0 aliphatic rings. The average molecular weight is 304 g/mol. The van der Waals surface area contributed by atoms with E-state index in [1.165, 1.54) is 12.1 Å². The van der Waals surface area contributed by atoms with E-state index in [1.807, 2.05) is 13.1 Å². The molecule has 0 heterocycles. The Morgan fingerprint density at radius 1 is 1.47 bits per heavy atom. The first-order valence-electron chi connectivity index (χ1n) is 5.71. The maximum atomic E-state index is 13.0. The largest absolute Gasteiger partial charge is 0.385 e. The van der Waals surface area contributed by atoms with Crippen molar-refractivity contribution in [3.8, 4) is 0 Å². The summed E-state index contributed by atoms with van der Waals surface area (Å²) in [5, 5.41) is 3.28. The predicted octanol–water partition coefficient (Wildman–Crippen LogP) is 3.52. The van der Waals surface area contributed by atoms with Crippen LogP contribution < -0.4 is 5.32 Å². The van der Waals surface area contributed by atoms with Gasteiger partial charge in [0, 0.05) is 24.2 Å². The topological polar surface area (TPSA) is 21.3 Å². The molecule has 0 saturated carbocycles. The zero-order chi connectivity index (χ0) is 12.8. The Bertz CT molecular complexity index is 359. The van der Waals surface area contributed by atoms with Crippen LogP contribution in [0.25, 0.3) is 0 Å². The molecule has 0 radical (unpaired) electrons. The second kappa shape index (κ2) is 7.09. The van der Waals surface area contributed by atoms with Gasteiger partial charge < -0.3 is 10.1 Å². The number of halogens is 2. The molecule has 0 fully saturated rings. The first-order chi connectivity index (χ1) is 8.10. The lowest BCUT2D eigenvalue weighted by atomic mass is 9.92. The Morgan fingerprint density at radius 3 is 2.71 bits per heavy atom. The average Bonchev–Trinajstić information content (AvgIpc) is 2.30. The predicted molar refractivity (Wildman–Crippen MR) is 71.6 cm³/mol. The third-order valence-electron chi connectivity index (χ3n) is 2.95. The van der Waals surface area contributed by atoms with E-state index in [9.17, 15) is 4.39 Å². The zero-order valence-electron chi connectivity index (χ0n) is 10.5. The Labute approximate surface area is 111 Å². The SMILES string of the molecule is CNC(c1ccc(F)cc1Br)C(C)CCOC. The summed E-state index contributed by atoms with van der Waals surface area (Å²) in [4.78, 5) is 0. The second-order valence-corrected chi connectivity index (χ2v) is 5.05. The first kappa shape index (κ1) is 14.6. The van der Waals surface area contributed by atoms with Crippen molar-refractivity contribution in [2.45, 2.75) is 19.4 Å². The highest BCUT2D eigenvalue weighted by atomic mass is 79.9. The fourth-order valence-electron chi connectivity index (χ4n) is 1.97. The second-order valence-electron chi connectivity index (χ2n) is 4.19. The normalized spacial score (nSPS) is 14.6. The fraction of sp³-hybridized carbons (Fsp3) is 0.538. The van der Waals surface area contributed by atoms with E-state index in [0.29, 0.717) is 5.92 Å². The highest BCUT2D eigenvalue weighted by molar-refractivity contribution is 9.10. The maximum absolute atomic E-state index is 13.0. The van der Waals surface area contributed by atoms with Gasteiger partial charge in [-0.15, -0.1) is 0 Å². The number of benzene rings is 1. The van der Waals surface area contributed by atoms with Gasteiger partial charge in [-0.1, -0.05) is 28.9 Å². The van der Waals surface area contributed by atoms with Crippen LogP contribution in [0, 0.1) is 11.7 Å². The number of nitrogens with one attached hydrogen (secondary N) is 1. The summed E-state index contributed by atoms with van der Waals surface area (Å²) in [7, 11) is 3.62. The fourth-order valence-corrected chi connectivity index (χ4v) is 2.57. The van der Waals surface area contributed by atoms with E-state index in [-0.39, 0.29) is 11.9 Å². The summed E-state index contributed by atoms with van der Waals surface area (Å²) in [6.07, 6.45) is 0.964. The molecule has 0 saturated heterocycles. The number of hydrogen-bond acceptors (Lipinski definition) is 2. The van der Waals surface area contributed by atoms with Crippen molar-refractivity contribution in [2.24, 2.45) is 5.92 Å². The molecular formula is C13H19BrFNO. The Hall–Kier alpha value is -0.450. The quantitative estimate of drug-likeness (QED) is 0.868. The smallest absolute Gasteiger partial charge is 0.124 e. The van der Waals surface area contributed by atoms with Gasteiger partial charge in [0.2, 0.25) is 0 Å². The third kappa shape index (κ3) is 4.05. The summed E-state index contributed by atoms with van der Waals surface area (Å²) < 4.78 is 18.9. The lowest BCUT2D eigenvalue weighted by Crippen LogP contribution is -2.24. The monoisotopic (exact) mass is 303 g/mol. The summed E-state index contributed by atoms with van der Waals surface area (Å²) >= 11 is 3.41. The lowest BCUT2D eigenvalue weighted by molar-refractivity contribution is 0.171. The summed E-state index contributed by atoms with van der Waals surface area (Å²) in [5.41, 5.74) is 1.08. The van der Waals surface area contributed by atoms with Crippen LogP contribution in [-0.2, 0) is 4.74 Å². The first-order valence-corrected chi connectivity index (χ1v) is 6.50. The molecule has 0 aliphatic heterocycles. The summed E-state index contributed by atoms with van der Waals surface area (Å²) in [5.74, 6) is 0.196. The molecule has 17 heavy (non-hydrogen) atoms. The molecule has 1 aromatic rings. The van der Waals surface area contributed by atoms with Crippen molar-refractivity contribution in [1.29, 1.82) is 0 Å². The molecule has 1 rings (SSSR count). The van der Waals surface area contributed by atoms with Gasteiger partial charge in [-0.05, 0) is 37.1 Å². The maximum Gasteiger partial charge on any atom is 0.124 e. The van der Waals surface area contributed by atoms with E-state index in [4.69, 9.17) is 4.74 Å². The molecule has 2 atom stereocenters. The van der Waals surface area contributed by atoms with Crippen molar-refractivity contribution in [1.82, 2.24) is 5.32 Å². The molecular weight excluding hydrogens is 285 g/mol. The van der Waals surface area contributed by atoms with Gasteiger partial charge in [0.05, 0.1) is 0 Å². The zero-order valence-corrected chi connectivity index (χ0v) is 12.1. The van der Waals surface area contributed by atoms with Gasteiger partial charge in [-0.3, -0.25) is 0 Å². The van der Waals surface area contributed by atoms with Crippen LogP contribution in [0.4, 0.5) is 4.39 Å². The highest BCUT2D eigenvalue weighted by Gasteiger charge is 2.19. The molecule has 0 aliphatic carbocycles. The molecule has 0 amide bonds.